The van der Waals surface area contributed by atoms with E-state index in [9.17, 15) is 4.79 Å². The number of aryl methyl sites for hydroxylation is 2. The summed E-state index contributed by atoms with van der Waals surface area (Å²) in [5.74, 6) is 0.205. The van der Waals surface area contributed by atoms with Gasteiger partial charge >= 0.3 is 0 Å². The van der Waals surface area contributed by atoms with Crippen LogP contribution in [-0.4, -0.2) is 5.78 Å². The fourth-order valence-electron chi connectivity index (χ4n) is 2.48. The second-order valence-corrected chi connectivity index (χ2v) is 5.06. The van der Waals surface area contributed by atoms with Gasteiger partial charge in [-0.15, -0.1) is 0 Å². The van der Waals surface area contributed by atoms with Crippen LogP contribution in [0, 0.1) is 0 Å². The summed E-state index contributed by atoms with van der Waals surface area (Å²) in [6.07, 6.45) is 2.59. The maximum Gasteiger partial charge on any atom is 0.162 e. The predicted octanol–water partition coefficient (Wildman–Crippen LogP) is 5.07. The molecule has 104 valence electrons. The second-order valence-electron chi connectivity index (χ2n) is 5.06. The molecule has 0 aliphatic carbocycles. The molecule has 0 bridgehead atoms. The van der Waals surface area contributed by atoms with Crippen molar-refractivity contribution in [2.45, 2.75) is 40.0 Å². The molecule has 0 unspecified atom stereocenters. The molecule has 0 aliphatic heterocycles. The number of Topliss-reactive ketones (excluding diaryl/α,β-unsaturated/α-hetero) is 1. The highest BCUT2D eigenvalue weighted by Crippen LogP contribution is 2.27. The van der Waals surface area contributed by atoms with E-state index < -0.39 is 0 Å². The largest absolute Gasteiger partial charge is 0.294 e. The molecule has 0 N–H and O–H groups in total. The zero-order valence-electron chi connectivity index (χ0n) is 12.6. The van der Waals surface area contributed by atoms with Crippen molar-refractivity contribution in [3.05, 3.63) is 59.2 Å². The first-order valence-corrected chi connectivity index (χ1v) is 7.45. The summed E-state index contributed by atoms with van der Waals surface area (Å²) in [6.45, 7) is 6.25. The number of ketones is 1. The number of rotatable bonds is 5. The second kappa shape index (κ2) is 6.51. The minimum absolute atomic E-state index is 0.205. The highest BCUT2D eigenvalue weighted by molar-refractivity contribution is 5.97. The summed E-state index contributed by atoms with van der Waals surface area (Å²) in [5, 5.41) is 0. The topological polar surface area (TPSA) is 17.1 Å². The number of hydrogen-bond acceptors (Lipinski definition) is 1. The van der Waals surface area contributed by atoms with Gasteiger partial charge in [0, 0.05) is 12.0 Å². The lowest BCUT2D eigenvalue weighted by Crippen LogP contribution is -1.97. The molecule has 0 saturated heterocycles. The van der Waals surface area contributed by atoms with E-state index >= 15 is 0 Å². The first-order valence-electron chi connectivity index (χ1n) is 7.45. The monoisotopic (exact) mass is 266 g/mol. The predicted molar refractivity (Wildman–Crippen MR) is 85.3 cm³/mol. The average molecular weight is 266 g/mol. The lowest BCUT2D eigenvalue weighted by Gasteiger charge is -2.11. The van der Waals surface area contributed by atoms with Crippen LogP contribution in [0.4, 0.5) is 0 Å². The van der Waals surface area contributed by atoms with Crippen LogP contribution in [-0.2, 0) is 12.8 Å². The first-order chi connectivity index (χ1) is 9.69. The highest BCUT2D eigenvalue weighted by atomic mass is 16.1. The zero-order valence-corrected chi connectivity index (χ0v) is 12.6. The number of carbonyl (C=O) groups is 1. The Morgan fingerprint density at radius 3 is 2.40 bits per heavy atom. The van der Waals surface area contributed by atoms with Gasteiger partial charge in [-0.2, -0.15) is 0 Å². The van der Waals surface area contributed by atoms with Crippen LogP contribution in [0.1, 0.15) is 48.7 Å². The molecule has 0 spiro atoms. The minimum Gasteiger partial charge on any atom is -0.294 e. The van der Waals surface area contributed by atoms with Gasteiger partial charge in [0.1, 0.15) is 0 Å². The Balaban J connectivity index is 2.52. The van der Waals surface area contributed by atoms with Crippen LogP contribution in [0.3, 0.4) is 0 Å². The van der Waals surface area contributed by atoms with Crippen molar-refractivity contribution in [2.24, 2.45) is 0 Å². The number of hydrogen-bond donors (Lipinski definition) is 0. The van der Waals surface area contributed by atoms with Crippen LogP contribution in [0.25, 0.3) is 11.1 Å². The Bertz CT molecular complexity index is 611. The maximum absolute atomic E-state index is 11.9. The van der Waals surface area contributed by atoms with Gasteiger partial charge in [-0.25, -0.2) is 0 Å². The Labute approximate surface area is 121 Å². The lowest BCUT2D eigenvalue weighted by molar-refractivity contribution is 0.0988. The molecule has 0 radical (unpaired) electrons. The van der Waals surface area contributed by atoms with E-state index in [1.807, 2.05) is 25.1 Å². The smallest absolute Gasteiger partial charge is 0.162 e. The van der Waals surface area contributed by atoms with Gasteiger partial charge in [0.2, 0.25) is 0 Å². The van der Waals surface area contributed by atoms with Gasteiger partial charge in [0.25, 0.3) is 0 Å². The molecule has 2 rings (SSSR count). The molecule has 0 heterocycles. The number of benzene rings is 2. The van der Waals surface area contributed by atoms with Gasteiger partial charge in [-0.1, -0.05) is 57.2 Å². The molecular weight excluding hydrogens is 244 g/mol. The summed E-state index contributed by atoms with van der Waals surface area (Å²) in [7, 11) is 0. The molecule has 0 amide bonds. The highest BCUT2D eigenvalue weighted by Gasteiger charge is 2.08. The molecule has 0 saturated carbocycles. The zero-order chi connectivity index (χ0) is 14.5. The van der Waals surface area contributed by atoms with Gasteiger partial charge in [-0.05, 0) is 41.2 Å². The average Bonchev–Trinajstić information content (AvgIpc) is 2.53. The molecule has 0 aliphatic rings. The van der Waals surface area contributed by atoms with Crippen LogP contribution >= 0.6 is 0 Å². The fourth-order valence-corrected chi connectivity index (χ4v) is 2.48. The summed E-state index contributed by atoms with van der Waals surface area (Å²) in [4.78, 5) is 11.9. The normalized spacial score (nSPS) is 10.6. The molecule has 1 nitrogen and oxygen atoms in total. The first kappa shape index (κ1) is 14.5. The number of carbonyl (C=O) groups excluding carboxylic acids is 1. The van der Waals surface area contributed by atoms with E-state index in [0.29, 0.717) is 6.42 Å². The summed E-state index contributed by atoms with van der Waals surface area (Å²) >= 11 is 0. The van der Waals surface area contributed by atoms with Crippen LogP contribution < -0.4 is 0 Å². The van der Waals surface area contributed by atoms with E-state index in [1.54, 1.807) is 0 Å². The molecule has 0 atom stereocenters. The third kappa shape index (κ3) is 2.98. The SMILES string of the molecule is CCC(=O)c1cccc(-c2cc(CC)ccc2CC)c1. The molecule has 2 aromatic rings. The van der Waals surface area contributed by atoms with Crippen molar-refractivity contribution in [1.82, 2.24) is 0 Å². The van der Waals surface area contributed by atoms with Crippen LogP contribution in [0.2, 0.25) is 0 Å². The van der Waals surface area contributed by atoms with Crippen molar-refractivity contribution in [1.29, 1.82) is 0 Å². The van der Waals surface area contributed by atoms with E-state index in [2.05, 4.69) is 38.1 Å². The van der Waals surface area contributed by atoms with Crippen molar-refractivity contribution in [3.8, 4) is 11.1 Å². The van der Waals surface area contributed by atoms with Gasteiger partial charge < -0.3 is 0 Å². The molecule has 2 aromatic carbocycles. The molecular formula is C19H22O. The lowest BCUT2D eigenvalue weighted by atomic mass is 9.93. The van der Waals surface area contributed by atoms with Gasteiger partial charge in [-0.3, -0.25) is 4.79 Å². The van der Waals surface area contributed by atoms with Crippen molar-refractivity contribution < 1.29 is 4.79 Å². The Kier molecular flexibility index (Phi) is 4.73. The standard InChI is InChI=1S/C19H22O/c1-4-14-10-11-15(5-2)18(12-14)16-8-7-9-17(13-16)19(20)6-3/h7-13H,4-6H2,1-3H3. The van der Waals surface area contributed by atoms with E-state index in [-0.39, 0.29) is 5.78 Å². The molecule has 0 aromatic heterocycles. The van der Waals surface area contributed by atoms with Crippen LogP contribution in [0.15, 0.2) is 42.5 Å². The summed E-state index contributed by atoms with van der Waals surface area (Å²) < 4.78 is 0. The maximum atomic E-state index is 11.9. The third-order valence-electron chi connectivity index (χ3n) is 3.78. The van der Waals surface area contributed by atoms with Gasteiger partial charge in [0.15, 0.2) is 5.78 Å². The van der Waals surface area contributed by atoms with Crippen LogP contribution in [0.5, 0.6) is 0 Å². The van der Waals surface area contributed by atoms with Crippen molar-refractivity contribution in [3.63, 3.8) is 0 Å². The van der Waals surface area contributed by atoms with Crippen molar-refractivity contribution in [2.75, 3.05) is 0 Å². The Hall–Kier alpha value is -1.89. The van der Waals surface area contributed by atoms with Crippen molar-refractivity contribution >= 4 is 5.78 Å². The molecule has 0 fully saturated rings. The summed E-state index contributed by atoms with van der Waals surface area (Å²) in [5.41, 5.74) is 5.90. The molecule has 1 heteroatoms. The minimum atomic E-state index is 0.205. The van der Waals surface area contributed by atoms with Gasteiger partial charge in [0.05, 0.1) is 0 Å². The fraction of sp³-hybridized carbons (Fsp3) is 0.316. The van der Waals surface area contributed by atoms with E-state index in [4.69, 9.17) is 0 Å². The quantitative estimate of drug-likeness (QED) is 0.690. The third-order valence-corrected chi connectivity index (χ3v) is 3.78. The summed E-state index contributed by atoms with van der Waals surface area (Å²) in [6, 6.07) is 14.7. The van der Waals surface area contributed by atoms with E-state index in [1.165, 1.54) is 16.7 Å². The Morgan fingerprint density at radius 1 is 0.950 bits per heavy atom. The Morgan fingerprint density at radius 2 is 1.75 bits per heavy atom. The molecule has 20 heavy (non-hydrogen) atoms. The van der Waals surface area contributed by atoms with E-state index in [0.717, 1.165) is 24.0 Å².